The van der Waals surface area contributed by atoms with Crippen molar-refractivity contribution in [3.8, 4) is 11.3 Å². The van der Waals surface area contributed by atoms with Crippen LogP contribution in [-0.4, -0.2) is 27.4 Å². The molecule has 3 aromatic rings. The van der Waals surface area contributed by atoms with Crippen LogP contribution in [0.3, 0.4) is 0 Å². The standard InChI is InChI=1S/C16H12N.C16H30O2.Ir/c1-12-7-8-14-11-17-16(10-15(14)9-12)13-5-3-2-4-6-13;1-9(2)12-7-5-6-11-8-13(10(3)4)16(18)14(11)15(12)17;/h2-5,7-11H,1H3;9-18H,5-8H2,1-4H3;/q-1;;/t;11?,12?,13-,14?,15?,16?;/m.1./s1. The molecule has 6 atom stereocenters. The second kappa shape index (κ2) is 12.8. The zero-order valence-corrected chi connectivity index (χ0v) is 24.7. The van der Waals surface area contributed by atoms with E-state index in [1.54, 1.807) is 0 Å². The van der Waals surface area contributed by atoms with Crippen LogP contribution in [0, 0.1) is 48.5 Å². The van der Waals surface area contributed by atoms with Crippen molar-refractivity contribution in [2.24, 2.45) is 35.5 Å². The van der Waals surface area contributed by atoms with E-state index >= 15 is 0 Å². The van der Waals surface area contributed by atoms with Gasteiger partial charge in [0.1, 0.15) is 0 Å². The molecule has 2 aliphatic carbocycles. The first-order chi connectivity index (χ1) is 16.8. The SMILES string of the molecule is CC(C)C1CCCC2C[C@H](C(C)C)C(O)C2C1O.Cc1ccc2cnc(-c3[c-]cccc3)cc2c1.[Ir]. The molecule has 0 bridgehead atoms. The van der Waals surface area contributed by atoms with Gasteiger partial charge in [-0.15, -0.1) is 35.9 Å². The van der Waals surface area contributed by atoms with Gasteiger partial charge in [-0.3, -0.25) is 0 Å². The van der Waals surface area contributed by atoms with E-state index in [1.807, 2.05) is 30.5 Å². The summed E-state index contributed by atoms with van der Waals surface area (Å²) < 4.78 is 0. The minimum absolute atomic E-state index is 0. The van der Waals surface area contributed by atoms with Crippen LogP contribution in [0.25, 0.3) is 22.0 Å². The maximum Gasteiger partial charge on any atom is 0.0626 e. The van der Waals surface area contributed by atoms with Gasteiger partial charge < -0.3 is 15.2 Å². The molecule has 1 aromatic heterocycles. The minimum Gasteiger partial charge on any atom is -0.392 e. The van der Waals surface area contributed by atoms with Gasteiger partial charge in [-0.1, -0.05) is 63.9 Å². The van der Waals surface area contributed by atoms with Crippen molar-refractivity contribution in [3.63, 3.8) is 0 Å². The molecular formula is C32H42IrNO2-. The Labute approximate surface area is 231 Å². The molecule has 2 N–H and O–H groups in total. The van der Waals surface area contributed by atoms with Crippen LogP contribution in [0.5, 0.6) is 0 Å². The third kappa shape index (κ3) is 6.45. The van der Waals surface area contributed by atoms with Crippen molar-refractivity contribution in [2.75, 3.05) is 0 Å². The molecule has 36 heavy (non-hydrogen) atoms. The van der Waals surface area contributed by atoms with Crippen LogP contribution in [0.1, 0.15) is 58.9 Å². The third-order valence-electron chi connectivity index (χ3n) is 8.47. The van der Waals surface area contributed by atoms with Crippen molar-refractivity contribution >= 4 is 10.8 Å². The zero-order valence-electron chi connectivity index (χ0n) is 22.3. The van der Waals surface area contributed by atoms with Gasteiger partial charge in [0.15, 0.2) is 0 Å². The predicted molar refractivity (Wildman–Crippen MR) is 145 cm³/mol. The summed E-state index contributed by atoms with van der Waals surface area (Å²) in [5.41, 5.74) is 3.28. The second-order valence-corrected chi connectivity index (χ2v) is 11.5. The van der Waals surface area contributed by atoms with Crippen molar-refractivity contribution in [2.45, 2.75) is 72.5 Å². The van der Waals surface area contributed by atoms with Crippen LogP contribution in [-0.2, 0) is 20.1 Å². The quantitative estimate of drug-likeness (QED) is 0.295. The molecular weight excluding hydrogens is 623 g/mol. The first kappa shape index (κ1) is 29.0. The number of fused-ring (bicyclic) bond motifs is 2. The number of benzene rings is 2. The molecule has 0 spiro atoms. The molecule has 1 radical (unpaired) electrons. The number of hydrogen-bond acceptors (Lipinski definition) is 3. The average Bonchev–Trinajstić information content (AvgIpc) is 3.08. The second-order valence-electron chi connectivity index (χ2n) is 11.5. The number of aliphatic hydroxyl groups excluding tert-OH is 2. The Hall–Kier alpha value is -1.58. The van der Waals surface area contributed by atoms with Gasteiger partial charge in [0.25, 0.3) is 0 Å². The zero-order chi connectivity index (χ0) is 25.1. The number of nitrogens with zero attached hydrogens (tertiary/aromatic N) is 1. The summed E-state index contributed by atoms with van der Waals surface area (Å²) in [6, 6.07) is 19.6. The normalized spacial score (nSPS) is 27.7. The molecule has 2 aliphatic rings. The summed E-state index contributed by atoms with van der Waals surface area (Å²) in [4.78, 5) is 4.48. The number of pyridine rings is 1. The Bertz CT molecular complexity index is 1100. The average molecular weight is 665 g/mol. The predicted octanol–water partition coefficient (Wildman–Crippen LogP) is 7.08. The molecule has 2 saturated carbocycles. The monoisotopic (exact) mass is 665 g/mol. The Kier molecular flexibility index (Phi) is 10.3. The number of aryl methyl sites for hydroxylation is 1. The van der Waals surface area contributed by atoms with E-state index in [1.165, 1.54) is 29.2 Å². The van der Waals surface area contributed by atoms with E-state index in [2.05, 4.69) is 69.9 Å². The molecule has 1 heterocycles. The first-order valence-corrected chi connectivity index (χ1v) is 13.5. The molecule has 4 heteroatoms. The first-order valence-electron chi connectivity index (χ1n) is 13.5. The van der Waals surface area contributed by atoms with Crippen LogP contribution >= 0.6 is 0 Å². The summed E-state index contributed by atoms with van der Waals surface area (Å²) >= 11 is 0. The van der Waals surface area contributed by atoms with Crippen molar-refractivity contribution in [1.82, 2.24) is 4.98 Å². The van der Waals surface area contributed by atoms with Gasteiger partial charge in [0.05, 0.1) is 12.2 Å². The minimum atomic E-state index is -0.295. The van der Waals surface area contributed by atoms with Gasteiger partial charge in [-0.2, -0.15) is 0 Å². The summed E-state index contributed by atoms with van der Waals surface area (Å²) in [7, 11) is 0. The topological polar surface area (TPSA) is 53.4 Å². The van der Waals surface area contributed by atoms with Crippen LogP contribution in [0.2, 0.25) is 0 Å². The van der Waals surface area contributed by atoms with Gasteiger partial charge in [0.2, 0.25) is 0 Å². The fraction of sp³-hybridized carbons (Fsp3) is 0.531. The smallest absolute Gasteiger partial charge is 0.0626 e. The van der Waals surface area contributed by atoms with Crippen molar-refractivity contribution in [3.05, 3.63) is 66.4 Å². The Morgan fingerprint density at radius 1 is 0.889 bits per heavy atom. The van der Waals surface area contributed by atoms with Crippen LogP contribution in [0.4, 0.5) is 0 Å². The molecule has 5 unspecified atom stereocenters. The molecule has 5 rings (SSSR count). The van der Waals surface area contributed by atoms with E-state index in [4.69, 9.17) is 0 Å². The largest absolute Gasteiger partial charge is 0.392 e. The summed E-state index contributed by atoms with van der Waals surface area (Å²) in [5, 5.41) is 23.7. The Balaban J connectivity index is 0.000000195. The van der Waals surface area contributed by atoms with Gasteiger partial charge in [0, 0.05) is 32.2 Å². The van der Waals surface area contributed by atoms with Crippen LogP contribution < -0.4 is 0 Å². The fourth-order valence-corrected chi connectivity index (χ4v) is 6.43. The number of aliphatic hydroxyl groups is 2. The van der Waals surface area contributed by atoms with E-state index in [0.717, 1.165) is 24.1 Å². The molecule has 0 saturated heterocycles. The molecule has 0 amide bonds. The number of aromatic nitrogens is 1. The van der Waals surface area contributed by atoms with Gasteiger partial charge in [-0.25, -0.2) is 0 Å². The number of rotatable bonds is 3. The Morgan fingerprint density at radius 3 is 2.28 bits per heavy atom. The summed E-state index contributed by atoms with van der Waals surface area (Å²) in [5.74, 6) is 2.49. The summed E-state index contributed by atoms with van der Waals surface area (Å²) in [6.07, 6.45) is 6.01. The number of hydrogen-bond donors (Lipinski definition) is 2. The fourth-order valence-electron chi connectivity index (χ4n) is 6.43. The Morgan fingerprint density at radius 2 is 1.61 bits per heavy atom. The van der Waals surface area contributed by atoms with E-state index < -0.39 is 0 Å². The molecule has 2 aromatic carbocycles. The van der Waals surface area contributed by atoms with E-state index in [-0.39, 0.29) is 38.2 Å². The molecule has 0 aliphatic heterocycles. The van der Waals surface area contributed by atoms with Crippen molar-refractivity contribution in [1.29, 1.82) is 0 Å². The maximum atomic E-state index is 10.7. The molecule has 197 valence electrons. The molecule has 2 fully saturated rings. The molecule has 3 nitrogen and oxygen atoms in total. The van der Waals surface area contributed by atoms with Crippen LogP contribution in [0.15, 0.2) is 54.7 Å². The third-order valence-corrected chi connectivity index (χ3v) is 8.47. The van der Waals surface area contributed by atoms with Gasteiger partial charge >= 0.3 is 0 Å². The van der Waals surface area contributed by atoms with E-state index in [9.17, 15) is 10.2 Å². The van der Waals surface area contributed by atoms with Crippen molar-refractivity contribution < 1.29 is 30.3 Å². The summed E-state index contributed by atoms with van der Waals surface area (Å²) in [6.45, 7) is 10.9. The van der Waals surface area contributed by atoms with Gasteiger partial charge in [-0.05, 0) is 72.2 Å². The maximum absolute atomic E-state index is 10.7. The van der Waals surface area contributed by atoms with E-state index in [0.29, 0.717) is 29.6 Å².